The van der Waals surface area contributed by atoms with Gasteiger partial charge in [0, 0.05) is 11.4 Å². The van der Waals surface area contributed by atoms with Gasteiger partial charge in [-0.3, -0.25) is 4.79 Å². The Kier molecular flexibility index (Phi) is 5.48. The van der Waals surface area contributed by atoms with Crippen LogP contribution < -0.4 is 24.8 Å². The fourth-order valence-electron chi connectivity index (χ4n) is 3.67. The van der Waals surface area contributed by atoms with E-state index >= 15 is 0 Å². The average Bonchev–Trinajstić information content (AvgIpc) is 3.25. The van der Waals surface area contributed by atoms with Crippen LogP contribution in [0.3, 0.4) is 0 Å². The van der Waals surface area contributed by atoms with Crippen molar-refractivity contribution in [2.75, 3.05) is 32.0 Å². The summed E-state index contributed by atoms with van der Waals surface area (Å²) in [5.74, 6) is 1.72. The number of amides is 1. The smallest absolute Gasteiger partial charge is 0.255 e. The SMILES string of the molecule is COc1cc([C@@H]2C(C(=O)Nc3ccccc3)=C(C)Nc3ncnn32)cc(OC)c1OC. The van der Waals surface area contributed by atoms with Gasteiger partial charge in [-0.1, -0.05) is 18.2 Å². The van der Waals surface area contributed by atoms with Crippen LogP contribution in [0.25, 0.3) is 0 Å². The monoisotopic (exact) mass is 421 g/mol. The van der Waals surface area contributed by atoms with Crippen LogP contribution in [0.2, 0.25) is 0 Å². The maximum Gasteiger partial charge on any atom is 0.255 e. The van der Waals surface area contributed by atoms with Gasteiger partial charge in [0.05, 0.1) is 26.9 Å². The largest absolute Gasteiger partial charge is 0.493 e. The highest BCUT2D eigenvalue weighted by Gasteiger charge is 2.34. The molecule has 31 heavy (non-hydrogen) atoms. The first kappa shape index (κ1) is 20.3. The minimum atomic E-state index is -0.559. The molecule has 0 spiro atoms. The lowest BCUT2D eigenvalue weighted by Crippen LogP contribution is -2.31. The van der Waals surface area contributed by atoms with Crippen molar-refractivity contribution in [3.05, 3.63) is 65.6 Å². The molecule has 4 rings (SSSR count). The highest BCUT2D eigenvalue weighted by Crippen LogP contribution is 2.43. The normalized spacial score (nSPS) is 15.0. The van der Waals surface area contributed by atoms with Crippen molar-refractivity contribution in [2.24, 2.45) is 0 Å². The molecule has 2 aromatic carbocycles. The van der Waals surface area contributed by atoms with Crippen LogP contribution in [0.4, 0.5) is 11.6 Å². The van der Waals surface area contributed by atoms with Gasteiger partial charge in [-0.25, -0.2) is 4.68 Å². The number of aromatic nitrogens is 3. The Hall–Kier alpha value is -4.01. The van der Waals surface area contributed by atoms with Crippen LogP contribution in [0.1, 0.15) is 18.5 Å². The number of carbonyl (C=O) groups excluding carboxylic acids is 1. The van der Waals surface area contributed by atoms with E-state index in [0.717, 1.165) is 5.56 Å². The fraction of sp³-hybridized carbons (Fsp3) is 0.227. The Morgan fingerprint density at radius 2 is 1.74 bits per heavy atom. The van der Waals surface area contributed by atoms with Crippen LogP contribution in [-0.4, -0.2) is 42.0 Å². The molecule has 0 radical (unpaired) electrons. The molecule has 1 aliphatic heterocycles. The highest BCUT2D eigenvalue weighted by molar-refractivity contribution is 6.06. The van der Waals surface area contributed by atoms with Crippen molar-refractivity contribution in [3.8, 4) is 17.2 Å². The molecule has 1 aliphatic rings. The van der Waals surface area contributed by atoms with E-state index in [9.17, 15) is 4.79 Å². The summed E-state index contributed by atoms with van der Waals surface area (Å²) in [5.41, 5.74) is 2.60. The summed E-state index contributed by atoms with van der Waals surface area (Å²) in [6.07, 6.45) is 1.44. The van der Waals surface area contributed by atoms with E-state index in [4.69, 9.17) is 14.2 Å². The zero-order valence-electron chi connectivity index (χ0n) is 17.7. The van der Waals surface area contributed by atoms with Gasteiger partial charge >= 0.3 is 0 Å². The first-order valence-corrected chi connectivity index (χ1v) is 9.61. The number of methoxy groups -OCH3 is 3. The summed E-state index contributed by atoms with van der Waals surface area (Å²) in [4.78, 5) is 17.6. The van der Waals surface area contributed by atoms with Gasteiger partial charge in [0.1, 0.15) is 12.4 Å². The molecule has 1 amide bonds. The second-order valence-electron chi connectivity index (χ2n) is 6.87. The van der Waals surface area contributed by atoms with Gasteiger partial charge in [-0.2, -0.15) is 10.1 Å². The van der Waals surface area contributed by atoms with E-state index in [1.54, 1.807) is 26.0 Å². The zero-order chi connectivity index (χ0) is 22.0. The molecule has 0 aliphatic carbocycles. The van der Waals surface area contributed by atoms with Crippen molar-refractivity contribution in [1.29, 1.82) is 0 Å². The summed E-state index contributed by atoms with van der Waals surface area (Å²) in [7, 11) is 4.64. The standard InChI is InChI=1S/C22H23N5O4/c1-13-18(21(28)26-15-8-6-5-7-9-15)19(27-22(25-13)23-12-24-27)14-10-16(29-2)20(31-4)17(11-14)30-3/h5-12,19H,1-4H3,(H,26,28)(H,23,24,25)/t19-/m1/s1. The lowest BCUT2D eigenvalue weighted by molar-refractivity contribution is -0.113. The lowest BCUT2D eigenvalue weighted by Gasteiger charge is -2.29. The highest BCUT2D eigenvalue weighted by atomic mass is 16.5. The molecule has 1 atom stereocenters. The second kappa shape index (κ2) is 8.39. The quantitative estimate of drug-likeness (QED) is 0.630. The summed E-state index contributed by atoms with van der Waals surface area (Å²) in [6, 6.07) is 12.3. The Labute approximate surface area is 179 Å². The van der Waals surface area contributed by atoms with E-state index in [0.29, 0.717) is 40.2 Å². The molecule has 1 aromatic heterocycles. The van der Waals surface area contributed by atoms with Crippen molar-refractivity contribution in [3.63, 3.8) is 0 Å². The number of carbonyl (C=O) groups is 1. The first-order valence-electron chi connectivity index (χ1n) is 9.61. The molecule has 3 aromatic rings. The zero-order valence-corrected chi connectivity index (χ0v) is 17.7. The van der Waals surface area contributed by atoms with E-state index < -0.39 is 6.04 Å². The average molecular weight is 421 g/mol. The third-order valence-corrected chi connectivity index (χ3v) is 5.07. The van der Waals surface area contributed by atoms with Crippen molar-refractivity contribution in [1.82, 2.24) is 14.8 Å². The number of allylic oxidation sites excluding steroid dienone is 1. The lowest BCUT2D eigenvalue weighted by atomic mass is 9.94. The van der Waals surface area contributed by atoms with Crippen molar-refractivity contribution < 1.29 is 19.0 Å². The van der Waals surface area contributed by atoms with E-state index in [2.05, 4.69) is 20.7 Å². The third kappa shape index (κ3) is 3.65. The third-order valence-electron chi connectivity index (χ3n) is 5.07. The molecule has 0 saturated carbocycles. The van der Waals surface area contributed by atoms with Gasteiger partial charge in [0.2, 0.25) is 11.7 Å². The first-order chi connectivity index (χ1) is 15.1. The van der Waals surface area contributed by atoms with Gasteiger partial charge in [-0.05, 0) is 36.8 Å². The molecule has 0 saturated heterocycles. The number of fused-ring (bicyclic) bond motifs is 1. The number of ether oxygens (including phenoxy) is 3. The molecule has 0 bridgehead atoms. The second-order valence-corrected chi connectivity index (χ2v) is 6.87. The molecule has 2 heterocycles. The maximum atomic E-state index is 13.4. The van der Waals surface area contributed by atoms with Crippen LogP contribution in [0.5, 0.6) is 17.2 Å². The molecule has 0 unspecified atom stereocenters. The van der Waals surface area contributed by atoms with E-state index in [1.165, 1.54) is 6.33 Å². The molecule has 9 heteroatoms. The molecule has 2 N–H and O–H groups in total. The van der Waals surface area contributed by atoms with Gasteiger partial charge < -0.3 is 24.8 Å². The van der Waals surface area contributed by atoms with Crippen molar-refractivity contribution in [2.45, 2.75) is 13.0 Å². The molecule has 0 fully saturated rings. The molecule has 9 nitrogen and oxygen atoms in total. The number of nitrogens with zero attached hydrogens (tertiary/aromatic N) is 3. The number of para-hydroxylation sites is 1. The Bertz CT molecular complexity index is 1110. The van der Waals surface area contributed by atoms with Gasteiger partial charge in [-0.15, -0.1) is 0 Å². The van der Waals surface area contributed by atoms with Crippen molar-refractivity contribution >= 4 is 17.5 Å². The van der Waals surface area contributed by atoms with Crippen LogP contribution in [0.15, 0.2) is 60.1 Å². The summed E-state index contributed by atoms with van der Waals surface area (Å²) in [6.45, 7) is 1.84. The number of nitrogens with one attached hydrogen (secondary N) is 2. The number of anilines is 2. The van der Waals surface area contributed by atoms with Crippen LogP contribution in [-0.2, 0) is 4.79 Å². The Balaban J connectivity index is 1.84. The fourth-order valence-corrected chi connectivity index (χ4v) is 3.67. The molecule has 160 valence electrons. The van der Waals surface area contributed by atoms with Gasteiger partial charge in [0.15, 0.2) is 11.5 Å². The minimum absolute atomic E-state index is 0.254. The number of hydrogen-bond donors (Lipinski definition) is 2. The summed E-state index contributed by atoms with van der Waals surface area (Å²) < 4.78 is 18.1. The van der Waals surface area contributed by atoms with E-state index in [1.807, 2.05) is 49.4 Å². The Morgan fingerprint density at radius 1 is 1.06 bits per heavy atom. The number of rotatable bonds is 6. The number of hydrogen-bond acceptors (Lipinski definition) is 7. The van der Waals surface area contributed by atoms with Crippen LogP contribution in [0, 0.1) is 0 Å². The van der Waals surface area contributed by atoms with Gasteiger partial charge in [0.25, 0.3) is 5.91 Å². The van der Waals surface area contributed by atoms with Crippen LogP contribution >= 0.6 is 0 Å². The molecular weight excluding hydrogens is 398 g/mol. The predicted molar refractivity (Wildman–Crippen MR) is 116 cm³/mol. The Morgan fingerprint density at radius 3 is 2.35 bits per heavy atom. The number of benzene rings is 2. The summed E-state index contributed by atoms with van der Waals surface area (Å²) >= 11 is 0. The van der Waals surface area contributed by atoms with E-state index in [-0.39, 0.29) is 5.91 Å². The topological polar surface area (TPSA) is 99.5 Å². The molecular formula is C22H23N5O4. The minimum Gasteiger partial charge on any atom is -0.493 e. The summed E-state index contributed by atoms with van der Waals surface area (Å²) in [5, 5.41) is 10.5. The predicted octanol–water partition coefficient (Wildman–Crippen LogP) is 3.23. The maximum absolute atomic E-state index is 13.4.